The van der Waals surface area contributed by atoms with Gasteiger partial charge in [-0.25, -0.2) is 4.98 Å². The van der Waals surface area contributed by atoms with E-state index in [2.05, 4.69) is 13.4 Å². The summed E-state index contributed by atoms with van der Waals surface area (Å²) in [6.07, 6.45) is 1.42. The Labute approximate surface area is 69.3 Å². The van der Waals surface area contributed by atoms with Crippen LogP contribution < -0.4 is 8.37 Å². The van der Waals surface area contributed by atoms with Gasteiger partial charge in [-0.2, -0.15) is 0 Å². The van der Waals surface area contributed by atoms with Gasteiger partial charge in [-0.05, 0) is 6.92 Å². The Bertz CT molecular complexity index is 395. The Kier molecular flexibility index (Phi) is 1.29. The summed E-state index contributed by atoms with van der Waals surface area (Å²) in [6.45, 7) is 1.67. The van der Waals surface area contributed by atoms with E-state index in [1.807, 2.05) is 0 Å². The molecule has 12 heavy (non-hydrogen) atoms. The van der Waals surface area contributed by atoms with Crippen LogP contribution in [0, 0.1) is 6.92 Å². The molecule has 0 spiro atoms. The first-order valence-electron chi connectivity index (χ1n) is 3.18. The highest BCUT2D eigenvalue weighted by Crippen LogP contribution is 2.31. The lowest BCUT2D eigenvalue weighted by Gasteiger charge is -2.16. The molecular formula is C6H5NO4S. The first kappa shape index (κ1) is 7.35. The largest absolute Gasteiger partial charge is 0.502 e. The van der Waals surface area contributed by atoms with Crippen LogP contribution in [0.15, 0.2) is 12.3 Å². The Hall–Kier alpha value is -1.30. The number of nitrogens with zero attached hydrogens (tertiary/aromatic N) is 1. The van der Waals surface area contributed by atoms with Gasteiger partial charge < -0.3 is 8.37 Å². The molecule has 0 saturated heterocycles. The van der Waals surface area contributed by atoms with Crippen LogP contribution in [-0.4, -0.2) is 13.4 Å². The van der Waals surface area contributed by atoms with Gasteiger partial charge in [0.1, 0.15) is 0 Å². The summed E-state index contributed by atoms with van der Waals surface area (Å²) in [6, 6.07) is 1.47. The second-order valence-electron chi connectivity index (χ2n) is 2.31. The SMILES string of the molecule is Cc1c2ccnc1OS(=O)(=O)O2. The van der Waals surface area contributed by atoms with Crippen molar-refractivity contribution in [1.82, 2.24) is 4.98 Å². The maximum absolute atomic E-state index is 10.8. The molecule has 0 saturated carbocycles. The highest BCUT2D eigenvalue weighted by molar-refractivity contribution is 7.82. The summed E-state index contributed by atoms with van der Waals surface area (Å²) in [5, 5.41) is 0. The molecule has 1 aromatic rings. The number of hydrogen-bond acceptors (Lipinski definition) is 5. The van der Waals surface area contributed by atoms with Gasteiger partial charge in [-0.1, -0.05) is 0 Å². The number of aromatic nitrogens is 1. The van der Waals surface area contributed by atoms with Crippen molar-refractivity contribution in [2.24, 2.45) is 0 Å². The van der Waals surface area contributed by atoms with Crippen molar-refractivity contribution in [3.8, 4) is 11.6 Å². The summed E-state index contributed by atoms with van der Waals surface area (Å²) in [7, 11) is -3.91. The quantitative estimate of drug-likeness (QED) is 0.588. The molecule has 0 aliphatic carbocycles. The highest BCUT2D eigenvalue weighted by Gasteiger charge is 2.26. The minimum atomic E-state index is -3.91. The molecule has 0 atom stereocenters. The molecule has 0 N–H and O–H groups in total. The monoisotopic (exact) mass is 187 g/mol. The smallest absolute Gasteiger partial charge is 0.352 e. The fourth-order valence-electron chi connectivity index (χ4n) is 0.898. The second kappa shape index (κ2) is 2.10. The van der Waals surface area contributed by atoms with Crippen LogP contribution in [0.3, 0.4) is 0 Å². The topological polar surface area (TPSA) is 65.5 Å². The fraction of sp³-hybridized carbons (Fsp3) is 0.167. The normalized spacial score (nSPS) is 17.8. The van der Waals surface area contributed by atoms with Gasteiger partial charge in [-0.3, -0.25) is 0 Å². The van der Waals surface area contributed by atoms with Crippen molar-refractivity contribution in [2.45, 2.75) is 6.92 Å². The number of hydrogen-bond donors (Lipinski definition) is 0. The van der Waals surface area contributed by atoms with Crippen LogP contribution in [0.5, 0.6) is 11.6 Å². The van der Waals surface area contributed by atoms with Crippen LogP contribution in [-0.2, 0) is 10.4 Å². The summed E-state index contributed by atoms with van der Waals surface area (Å²) in [5.74, 6) is 0.352. The lowest BCUT2D eigenvalue weighted by atomic mass is 10.3. The second-order valence-corrected chi connectivity index (χ2v) is 3.46. The standard InChI is InChI=1S/C6H5NO4S/c1-4-5-2-3-7-6(4)11-12(8,9)10-5/h2-3H,1H3. The molecule has 0 radical (unpaired) electrons. The molecule has 2 bridgehead atoms. The van der Waals surface area contributed by atoms with Crippen molar-refractivity contribution in [1.29, 1.82) is 0 Å². The Morgan fingerprint density at radius 2 is 2.17 bits per heavy atom. The third kappa shape index (κ3) is 1.00. The molecule has 6 heteroatoms. The molecule has 1 aliphatic rings. The Morgan fingerprint density at radius 3 is 2.83 bits per heavy atom. The number of rotatable bonds is 0. The first-order chi connectivity index (χ1) is 5.58. The predicted molar refractivity (Wildman–Crippen MR) is 39.1 cm³/mol. The van der Waals surface area contributed by atoms with Gasteiger partial charge in [-0.15, -0.1) is 8.42 Å². The summed E-state index contributed by atoms with van der Waals surface area (Å²) in [5.41, 5.74) is 0.590. The maximum Gasteiger partial charge on any atom is 0.502 e. The molecule has 2 rings (SSSR count). The van der Waals surface area contributed by atoms with E-state index < -0.39 is 10.4 Å². The minimum absolute atomic E-state index is 0.0822. The fourth-order valence-corrected chi connectivity index (χ4v) is 1.69. The van der Waals surface area contributed by atoms with E-state index in [0.717, 1.165) is 0 Å². The zero-order valence-corrected chi connectivity index (χ0v) is 6.96. The highest BCUT2D eigenvalue weighted by atomic mass is 32.3. The van der Waals surface area contributed by atoms with E-state index in [1.54, 1.807) is 6.92 Å². The lowest BCUT2D eigenvalue weighted by molar-refractivity contribution is 0.366. The Morgan fingerprint density at radius 1 is 1.42 bits per heavy atom. The molecule has 1 aromatic heterocycles. The summed E-state index contributed by atoms with van der Waals surface area (Å²) < 4.78 is 30.6. The molecule has 0 amide bonds. The van der Waals surface area contributed by atoms with E-state index >= 15 is 0 Å². The molecule has 0 fully saturated rings. The molecule has 64 valence electrons. The molecule has 2 heterocycles. The molecule has 0 unspecified atom stereocenters. The van der Waals surface area contributed by atoms with E-state index in [4.69, 9.17) is 0 Å². The van der Waals surface area contributed by atoms with Gasteiger partial charge in [0, 0.05) is 12.3 Å². The molecule has 0 aromatic carbocycles. The van der Waals surface area contributed by atoms with Crippen molar-refractivity contribution >= 4 is 10.4 Å². The van der Waals surface area contributed by atoms with E-state index in [-0.39, 0.29) is 11.6 Å². The molecular weight excluding hydrogens is 182 g/mol. The van der Waals surface area contributed by atoms with Crippen LogP contribution in [0.4, 0.5) is 0 Å². The third-order valence-electron chi connectivity index (χ3n) is 1.48. The van der Waals surface area contributed by atoms with Gasteiger partial charge in [0.15, 0.2) is 5.75 Å². The number of fused-ring (bicyclic) bond motifs is 2. The lowest BCUT2D eigenvalue weighted by Crippen LogP contribution is -2.22. The van der Waals surface area contributed by atoms with Gasteiger partial charge >= 0.3 is 10.4 Å². The average Bonchev–Trinajstić information content (AvgIpc) is 1.92. The zero-order chi connectivity index (χ0) is 8.77. The van der Waals surface area contributed by atoms with Crippen molar-refractivity contribution < 1.29 is 16.8 Å². The zero-order valence-electron chi connectivity index (χ0n) is 6.14. The van der Waals surface area contributed by atoms with Crippen LogP contribution in [0.1, 0.15) is 5.56 Å². The summed E-state index contributed by atoms with van der Waals surface area (Å²) >= 11 is 0. The van der Waals surface area contributed by atoms with Gasteiger partial charge in [0.25, 0.3) is 0 Å². The Balaban J connectivity index is 2.67. The van der Waals surface area contributed by atoms with Gasteiger partial charge in [0.05, 0.1) is 5.56 Å². The maximum atomic E-state index is 10.8. The van der Waals surface area contributed by atoms with Crippen molar-refractivity contribution in [2.75, 3.05) is 0 Å². The van der Waals surface area contributed by atoms with Crippen molar-refractivity contribution in [3.63, 3.8) is 0 Å². The minimum Gasteiger partial charge on any atom is -0.352 e. The average molecular weight is 187 g/mol. The van der Waals surface area contributed by atoms with Crippen LogP contribution in [0.25, 0.3) is 0 Å². The molecule has 1 aliphatic heterocycles. The van der Waals surface area contributed by atoms with Crippen LogP contribution in [0.2, 0.25) is 0 Å². The van der Waals surface area contributed by atoms with Gasteiger partial charge in [0.2, 0.25) is 5.88 Å². The van der Waals surface area contributed by atoms with E-state index in [1.165, 1.54) is 12.3 Å². The summed E-state index contributed by atoms with van der Waals surface area (Å²) in [4.78, 5) is 3.72. The number of pyridine rings is 1. The third-order valence-corrected chi connectivity index (χ3v) is 2.23. The van der Waals surface area contributed by atoms with Crippen LogP contribution >= 0.6 is 0 Å². The van der Waals surface area contributed by atoms with E-state index in [9.17, 15) is 8.42 Å². The van der Waals surface area contributed by atoms with E-state index in [0.29, 0.717) is 5.56 Å². The van der Waals surface area contributed by atoms with Crippen molar-refractivity contribution in [3.05, 3.63) is 17.8 Å². The molecule has 5 nitrogen and oxygen atoms in total. The predicted octanol–water partition coefficient (Wildman–Crippen LogP) is 0.406. The first-order valence-corrected chi connectivity index (χ1v) is 4.51.